The molecule has 0 aromatic carbocycles. The van der Waals surface area contributed by atoms with E-state index < -0.39 is 23.8 Å². The molecule has 18 heavy (non-hydrogen) atoms. The van der Waals surface area contributed by atoms with Gasteiger partial charge < -0.3 is 14.3 Å². The molecule has 0 radical (unpaired) electrons. The summed E-state index contributed by atoms with van der Waals surface area (Å²) >= 11 is 0. The number of rotatable bonds is 3. The average Bonchev–Trinajstić information content (AvgIpc) is 2.18. The van der Waals surface area contributed by atoms with Crippen LogP contribution in [0.15, 0.2) is 0 Å². The molecule has 1 fully saturated rings. The monoisotopic (exact) mass is 259 g/mol. The van der Waals surface area contributed by atoms with Gasteiger partial charge in [-0.2, -0.15) is 0 Å². The lowest BCUT2D eigenvalue weighted by atomic mass is 10.1. The highest BCUT2D eigenvalue weighted by molar-refractivity contribution is 5.69. The number of carbonyl (C=O) groups is 3. The highest BCUT2D eigenvalue weighted by Crippen LogP contribution is 2.31. The Bertz CT molecular complexity index is 337. The minimum atomic E-state index is -1.64. The second-order valence-corrected chi connectivity index (χ2v) is 4.04. The molecule has 0 spiro atoms. The van der Waals surface area contributed by atoms with Crippen molar-refractivity contribution >= 4 is 17.9 Å². The zero-order valence-electron chi connectivity index (χ0n) is 10.7. The molecular formula is C11H17NO6. The second kappa shape index (κ2) is 5.81. The molecule has 0 aromatic heterocycles. The Hall–Kier alpha value is -1.63. The Labute approximate surface area is 105 Å². The zero-order chi connectivity index (χ0) is 13.8. The van der Waals surface area contributed by atoms with Gasteiger partial charge in [0, 0.05) is 33.7 Å². The van der Waals surface area contributed by atoms with Crippen LogP contribution in [0, 0.1) is 0 Å². The van der Waals surface area contributed by atoms with E-state index >= 15 is 0 Å². The molecular weight excluding hydrogens is 242 g/mol. The van der Waals surface area contributed by atoms with E-state index in [4.69, 9.17) is 14.3 Å². The number of hydrogen-bond acceptors (Lipinski definition) is 7. The fourth-order valence-electron chi connectivity index (χ4n) is 1.84. The molecule has 0 amide bonds. The van der Waals surface area contributed by atoms with Crippen LogP contribution in [0.1, 0.15) is 40.0 Å². The number of carbonyl (C=O) groups excluding carboxylic acids is 3. The maximum atomic E-state index is 11.1. The molecule has 0 bridgehead atoms. The van der Waals surface area contributed by atoms with Crippen LogP contribution in [0.3, 0.4) is 0 Å². The Balaban J connectivity index is 2.96. The molecule has 0 unspecified atom stereocenters. The summed E-state index contributed by atoms with van der Waals surface area (Å²) in [5, 5.41) is 1.11. The Morgan fingerprint density at radius 3 is 1.94 bits per heavy atom. The summed E-state index contributed by atoms with van der Waals surface area (Å²) in [6.07, 6.45) is 1.70. The Kier molecular flexibility index (Phi) is 4.66. The molecule has 0 aromatic rings. The van der Waals surface area contributed by atoms with E-state index in [-0.39, 0.29) is 6.42 Å². The lowest BCUT2D eigenvalue weighted by Gasteiger charge is -2.41. The van der Waals surface area contributed by atoms with Crippen molar-refractivity contribution in [1.29, 1.82) is 0 Å². The fourth-order valence-corrected chi connectivity index (χ4v) is 1.84. The summed E-state index contributed by atoms with van der Waals surface area (Å²) in [4.78, 5) is 38.3. The van der Waals surface area contributed by atoms with E-state index in [2.05, 4.69) is 0 Å². The van der Waals surface area contributed by atoms with Crippen LogP contribution in [0.25, 0.3) is 0 Å². The zero-order valence-corrected chi connectivity index (χ0v) is 10.7. The SMILES string of the molecule is CC(=O)ON1CCCCC1(OC(C)=O)OC(C)=O. The highest BCUT2D eigenvalue weighted by Gasteiger charge is 2.48. The summed E-state index contributed by atoms with van der Waals surface area (Å²) in [6, 6.07) is 0. The molecule has 1 aliphatic heterocycles. The lowest BCUT2D eigenvalue weighted by Crippen LogP contribution is -2.57. The summed E-state index contributed by atoms with van der Waals surface area (Å²) < 4.78 is 10.1. The lowest BCUT2D eigenvalue weighted by molar-refractivity contribution is -0.376. The first kappa shape index (κ1) is 14.4. The summed E-state index contributed by atoms with van der Waals surface area (Å²) in [7, 11) is 0. The van der Waals surface area contributed by atoms with Crippen LogP contribution in [-0.2, 0) is 28.7 Å². The van der Waals surface area contributed by atoms with E-state index in [0.29, 0.717) is 13.0 Å². The first-order valence-corrected chi connectivity index (χ1v) is 5.71. The van der Waals surface area contributed by atoms with Gasteiger partial charge in [0.2, 0.25) is 0 Å². The number of ether oxygens (including phenoxy) is 2. The number of hydrogen-bond donors (Lipinski definition) is 0. The average molecular weight is 259 g/mol. The third-order valence-corrected chi connectivity index (χ3v) is 2.33. The number of piperidine rings is 1. The van der Waals surface area contributed by atoms with Crippen molar-refractivity contribution in [2.45, 2.75) is 45.9 Å². The molecule has 7 heteroatoms. The minimum absolute atomic E-state index is 0.263. The molecule has 0 saturated carbocycles. The predicted octanol–water partition coefficient (Wildman–Crippen LogP) is 0.730. The largest absolute Gasteiger partial charge is 0.406 e. The Morgan fingerprint density at radius 1 is 0.944 bits per heavy atom. The fraction of sp³-hybridized carbons (Fsp3) is 0.727. The maximum absolute atomic E-state index is 11.1. The van der Waals surface area contributed by atoms with Gasteiger partial charge in [-0.25, -0.2) is 0 Å². The summed E-state index contributed by atoms with van der Waals surface area (Å²) in [6.45, 7) is 3.96. The van der Waals surface area contributed by atoms with Gasteiger partial charge in [0.25, 0.3) is 0 Å². The van der Waals surface area contributed by atoms with E-state index in [1.54, 1.807) is 0 Å². The third kappa shape index (κ3) is 3.69. The van der Waals surface area contributed by atoms with E-state index in [1.807, 2.05) is 0 Å². The van der Waals surface area contributed by atoms with Gasteiger partial charge in [-0.05, 0) is 12.8 Å². The number of hydroxylamine groups is 2. The van der Waals surface area contributed by atoms with Crippen molar-refractivity contribution in [3.8, 4) is 0 Å². The normalized spacial score (nSPS) is 18.8. The van der Waals surface area contributed by atoms with Crippen LogP contribution in [-0.4, -0.2) is 35.4 Å². The predicted molar refractivity (Wildman–Crippen MR) is 58.6 cm³/mol. The first-order valence-electron chi connectivity index (χ1n) is 5.71. The molecule has 0 atom stereocenters. The van der Waals surface area contributed by atoms with Crippen molar-refractivity contribution in [2.75, 3.05) is 6.54 Å². The van der Waals surface area contributed by atoms with Crippen molar-refractivity contribution < 1.29 is 28.7 Å². The molecule has 102 valence electrons. The van der Waals surface area contributed by atoms with Crippen LogP contribution in [0.5, 0.6) is 0 Å². The van der Waals surface area contributed by atoms with Gasteiger partial charge in [-0.15, -0.1) is 0 Å². The highest BCUT2D eigenvalue weighted by atomic mass is 16.8. The molecule has 1 rings (SSSR count). The quantitative estimate of drug-likeness (QED) is 0.545. The van der Waals surface area contributed by atoms with Crippen molar-refractivity contribution in [1.82, 2.24) is 5.06 Å². The topological polar surface area (TPSA) is 82.1 Å². The van der Waals surface area contributed by atoms with Gasteiger partial charge in [0.1, 0.15) is 0 Å². The van der Waals surface area contributed by atoms with Crippen molar-refractivity contribution in [2.24, 2.45) is 0 Å². The third-order valence-electron chi connectivity index (χ3n) is 2.33. The molecule has 7 nitrogen and oxygen atoms in total. The van der Waals surface area contributed by atoms with Gasteiger partial charge in [-0.3, -0.25) is 14.4 Å². The molecule has 0 N–H and O–H groups in total. The maximum Gasteiger partial charge on any atom is 0.351 e. The van der Waals surface area contributed by atoms with E-state index in [1.165, 1.54) is 20.8 Å². The minimum Gasteiger partial charge on any atom is -0.406 e. The Morgan fingerprint density at radius 2 is 1.50 bits per heavy atom. The van der Waals surface area contributed by atoms with E-state index in [9.17, 15) is 14.4 Å². The van der Waals surface area contributed by atoms with Crippen molar-refractivity contribution in [3.63, 3.8) is 0 Å². The van der Waals surface area contributed by atoms with Gasteiger partial charge in [0.15, 0.2) is 0 Å². The first-order chi connectivity index (χ1) is 8.35. The van der Waals surface area contributed by atoms with Crippen LogP contribution >= 0.6 is 0 Å². The van der Waals surface area contributed by atoms with Crippen LogP contribution in [0.2, 0.25) is 0 Å². The second-order valence-electron chi connectivity index (χ2n) is 4.04. The smallest absolute Gasteiger partial charge is 0.351 e. The number of nitrogens with zero attached hydrogens (tertiary/aromatic N) is 1. The van der Waals surface area contributed by atoms with Gasteiger partial charge in [-0.1, -0.05) is 5.06 Å². The molecule has 1 saturated heterocycles. The van der Waals surface area contributed by atoms with E-state index in [0.717, 1.165) is 11.5 Å². The summed E-state index contributed by atoms with van der Waals surface area (Å²) in [5.41, 5.74) is 0. The standard InChI is InChI=1S/C11H17NO6/c1-8(13)16-11(17-9(2)14)6-4-5-7-12(11)18-10(3)15/h4-7H2,1-3H3. The van der Waals surface area contributed by atoms with Crippen molar-refractivity contribution in [3.05, 3.63) is 0 Å². The molecule has 1 aliphatic rings. The van der Waals surface area contributed by atoms with Gasteiger partial charge in [0.05, 0.1) is 0 Å². The van der Waals surface area contributed by atoms with Gasteiger partial charge >= 0.3 is 23.8 Å². The van der Waals surface area contributed by atoms with Crippen LogP contribution < -0.4 is 0 Å². The van der Waals surface area contributed by atoms with Crippen LogP contribution in [0.4, 0.5) is 0 Å². The summed E-state index contributed by atoms with van der Waals surface area (Å²) in [5.74, 6) is -3.44. The number of esters is 2. The molecule has 1 heterocycles. The molecule has 0 aliphatic carbocycles.